The van der Waals surface area contributed by atoms with Crippen molar-refractivity contribution in [3.63, 3.8) is 0 Å². The first-order chi connectivity index (χ1) is 8.56. The van der Waals surface area contributed by atoms with Crippen LogP contribution in [0.2, 0.25) is 5.02 Å². The fourth-order valence-electron chi connectivity index (χ4n) is 1.35. The molecule has 2 N–H and O–H groups in total. The number of rotatable bonds is 3. The van der Waals surface area contributed by atoms with Crippen molar-refractivity contribution < 1.29 is 9.90 Å². The standard InChI is InChI=1S/C12H8ClIN2O2/c13-10-4-7(12(17)18)6-15-11(10)16-9-3-1-2-8(14)5-9/h1-6H,(H,15,16)(H,17,18). The second-order valence-corrected chi connectivity index (χ2v) is 5.15. The largest absolute Gasteiger partial charge is 0.478 e. The number of pyridine rings is 1. The number of carboxylic acids is 1. The second-order valence-electron chi connectivity index (χ2n) is 3.49. The van der Waals surface area contributed by atoms with Gasteiger partial charge in [-0.2, -0.15) is 0 Å². The van der Waals surface area contributed by atoms with E-state index in [0.717, 1.165) is 9.26 Å². The van der Waals surface area contributed by atoms with Crippen molar-refractivity contribution in [2.45, 2.75) is 0 Å². The molecule has 0 bridgehead atoms. The summed E-state index contributed by atoms with van der Waals surface area (Å²) < 4.78 is 1.08. The summed E-state index contributed by atoms with van der Waals surface area (Å²) >= 11 is 8.17. The Hall–Kier alpha value is -1.34. The molecule has 4 nitrogen and oxygen atoms in total. The Morgan fingerprint density at radius 2 is 2.17 bits per heavy atom. The summed E-state index contributed by atoms with van der Waals surface area (Å²) in [5, 5.41) is 12.1. The number of benzene rings is 1. The van der Waals surface area contributed by atoms with Gasteiger partial charge in [-0.3, -0.25) is 0 Å². The van der Waals surface area contributed by atoms with Gasteiger partial charge in [0.2, 0.25) is 0 Å². The van der Waals surface area contributed by atoms with Gasteiger partial charge in [-0.15, -0.1) is 0 Å². The van der Waals surface area contributed by atoms with Crippen LogP contribution in [0.3, 0.4) is 0 Å². The van der Waals surface area contributed by atoms with Crippen LogP contribution in [0.4, 0.5) is 11.5 Å². The van der Waals surface area contributed by atoms with Crippen molar-refractivity contribution >= 4 is 51.7 Å². The van der Waals surface area contributed by atoms with Crippen LogP contribution in [-0.2, 0) is 0 Å². The molecule has 0 aliphatic carbocycles. The third kappa shape index (κ3) is 3.11. The molecule has 0 atom stereocenters. The molecule has 1 aromatic heterocycles. The van der Waals surface area contributed by atoms with Crippen LogP contribution in [0.5, 0.6) is 0 Å². The van der Waals surface area contributed by atoms with Crippen molar-refractivity contribution in [2.75, 3.05) is 5.32 Å². The summed E-state index contributed by atoms with van der Waals surface area (Å²) in [7, 11) is 0. The van der Waals surface area contributed by atoms with Crippen LogP contribution in [0.15, 0.2) is 36.5 Å². The Kier molecular flexibility index (Phi) is 4.03. The van der Waals surface area contributed by atoms with Gasteiger partial charge in [-0.05, 0) is 46.9 Å². The first-order valence-electron chi connectivity index (χ1n) is 4.97. The van der Waals surface area contributed by atoms with Gasteiger partial charge in [0.15, 0.2) is 0 Å². The van der Waals surface area contributed by atoms with Crippen molar-refractivity contribution in [1.29, 1.82) is 0 Å². The van der Waals surface area contributed by atoms with Crippen molar-refractivity contribution in [2.24, 2.45) is 0 Å². The predicted molar refractivity (Wildman–Crippen MR) is 78.6 cm³/mol. The molecule has 0 aliphatic rings. The first-order valence-corrected chi connectivity index (χ1v) is 6.43. The van der Waals surface area contributed by atoms with Gasteiger partial charge in [-0.25, -0.2) is 9.78 Å². The molecule has 18 heavy (non-hydrogen) atoms. The Bertz CT molecular complexity index is 604. The summed E-state index contributed by atoms with van der Waals surface area (Å²) in [6.07, 6.45) is 1.27. The molecule has 0 aliphatic heterocycles. The lowest BCUT2D eigenvalue weighted by atomic mass is 10.3. The number of halogens is 2. The van der Waals surface area contributed by atoms with Crippen LogP contribution in [0.1, 0.15) is 10.4 Å². The monoisotopic (exact) mass is 374 g/mol. The molecule has 0 saturated carbocycles. The molecule has 0 amide bonds. The van der Waals surface area contributed by atoms with Crippen molar-refractivity contribution in [3.8, 4) is 0 Å². The molecule has 0 spiro atoms. The topological polar surface area (TPSA) is 62.2 Å². The average Bonchev–Trinajstić information content (AvgIpc) is 2.31. The van der Waals surface area contributed by atoms with E-state index in [4.69, 9.17) is 16.7 Å². The summed E-state index contributed by atoms with van der Waals surface area (Å²) in [6.45, 7) is 0. The van der Waals surface area contributed by atoms with E-state index in [-0.39, 0.29) is 10.6 Å². The fourth-order valence-corrected chi connectivity index (χ4v) is 2.11. The normalized spacial score (nSPS) is 10.1. The van der Waals surface area contributed by atoms with Gasteiger partial charge >= 0.3 is 5.97 Å². The highest BCUT2D eigenvalue weighted by atomic mass is 127. The highest BCUT2D eigenvalue weighted by molar-refractivity contribution is 14.1. The van der Waals surface area contributed by atoms with E-state index in [0.29, 0.717) is 5.82 Å². The number of carboxylic acid groups (broad SMARTS) is 1. The van der Waals surface area contributed by atoms with E-state index in [1.54, 1.807) is 0 Å². The predicted octanol–water partition coefficient (Wildman–Crippen LogP) is 3.78. The Morgan fingerprint density at radius 3 is 2.78 bits per heavy atom. The minimum atomic E-state index is -1.05. The van der Waals surface area contributed by atoms with Crippen molar-refractivity contribution in [3.05, 3.63) is 50.7 Å². The molecule has 1 aromatic carbocycles. The van der Waals surface area contributed by atoms with Gasteiger partial charge in [0.25, 0.3) is 0 Å². The summed E-state index contributed by atoms with van der Waals surface area (Å²) in [5.41, 5.74) is 0.910. The van der Waals surface area contributed by atoms with E-state index >= 15 is 0 Å². The quantitative estimate of drug-likeness (QED) is 0.803. The van der Waals surface area contributed by atoms with E-state index in [2.05, 4.69) is 32.9 Å². The van der Waals surface area contributed by atoms with Gasteiger partial charge in [-0.1, -0.05) is 17.7 Å². The molecular weight excluding hydrogens is 367 g/mol. The summed E-state index contributed by atoms with van der Waals surface area (Å²) in [4.78, 5) is 14.7. The van der Waals surface area contributed by atoms with Gasteiger partial charge in [0.1, 0.15) is 5.82 Å². The number of hydrogen-bond acceptors (Lipinski definition) is 3. The Morgan fingerprint density at radius 1 is 1.39 bits per heavy atom. The first kappa shape index (κ1) is 13.1. The molecule has 2 aromatic rings. The van der Waals surface area contributed by atoms with E-state index in [9.17, 15) is 4.79 Å². The maximum absolute atomic E-state index is 10.7. The van der Waals surface area contributed by atoms with Crippen LogP contribution < -0.4 is 5.32 Å². The highest BCUT2D eigenvalue weighted by Gasteiger charge is 2.08. The number of aromatic nitrogens is 1. The Balaban J connectivity index is 2.27. The molecule has 0 unspecified atom stereocenters. The minimum Gasteiger partial charge on any atom is -0.478 e. The summed E-state index contributed by atoms with van der Waals surface area (Å²) in [6, 6.07) is 9.06. The zero-order valence-electron chi connectivity index (χ0n) is 9.02. The molecular formula is C12H8ClIN2O2. The number of nitrogens with one attached hydrogen (secondary N) is 1. The molecule has 6 heteroatoms. The average molecular weight is 375 g/mol. The number of hydrogen-bond donors (Lipinski definition) is 2. The number of aromatic carboxylic acids is 1. The Labute approximate surface area is 122 Å². The van der Waals surface area contributed by atoms with Crippen LogP contribution >= 0.6 is 34.2 Å². The molecule has 2 rings (SSSR count). The molecule has 1 heterocycles. The van der Waals surface area contributed by atoms with Gasteiger partial charge in [0, 0.05) is 15.5 Å². The molecule has 0 saturated heterocycles. The van der Waals surface area contributed by atoms with Crippen molar-refractivity contribution in [1.82, 2.24) is 4.98 Å². The zero-order valence-corrected chi connectivity index (χ0v) is 11.9. The molecule has 92 valence electrons. The third-order valence-electron chi connectivity index (χ3n) is 2.18. The maximum atomic E-state index is 10.7. The van der Waals surface area contributed by atoms with E-state index < -0.39 is 5.97 Å². The van der Waals surface area contributed by atoms with Crippen LogP contribution in [-0.4, -0.2) is 16.1 Å². The number of nitrogens with zero attached hydrogens (tertiary/aromatic N) is 1. The smallest absolute Gasteiger partial charge is 0.337 e. The lowest BCUT2D eigenvalue weighted by Crippen LogP contribution is -2.00. The lowest BCUT2D eigenvalue weighted by molar-refractivity contribution is 0.0696. The highest BCUT2D eigenvalue weighted by Crippen LogP contribution is 2.24. The van der Waals surface area contributed by atoms with Gasteiger partial charge in [0.05, 0.1) is 10.6 Å². The van der Waals surface area contributed by atoms with Gasteiger partial charge < -0.3 is 10.4 Å². The van der Waals surface area contributed by atoms with Crippen LogP contribution in [0.25, 0.3) is 0 Å². The number of anilines is 2. The number of carbonyl (C=O) groups is 1. The SMILES string of the molecule is O=C(O)c1cnc(Nc2cccc(I)c2)c(Cl)c1. The second kappa shape index (κ2) is 5.53. The molecule has 0 fully saturated rings. The fraction of sp³-hybridized carbons (Fsp3) is 0. The maximum Gasteiger partial charge on any atom is 0.337 e. The zero-order chi connectivity index (χ0) is 13.1. The molecule has 0 radical (unpaired) electrons. The third-order valence-corrected chi connectivity index (χ3v) is 3.13. The minimum absolute atomic E-state index is 0.0631. The lowest BCUT2D eigenvalue weighted by Gasteiger charge is -2.08. The summed E-state index contributed by atoms with van der Waals surface area (Å²) in [5.74, 6) is -0.617. The van der Waals surface area contributed by atoms with E-state index in [1.807, 2.05) is 24.3 Å². The van der Waals surface area contributed by atoms with E-state index in [1.165, 1.54) is 12.3 Å². The van der Waals surface area contributed by atoms with Crippen LogP contribution in [0, 0.1) is 3.57 Å².